The monoisotopic (exact) mass is 252 g/mol. The molecule has 0 fully saturated rings. The fraction of sp³-hybridized carbons (Fsp3) is 0.333. The highest BCUT2D eigenvalue weighted by Crippen LogP contribution is 2.10. The number of carboxylic acid groups (broad SMARTS) is 1. The van der Waals surface area contributed by atoms with Crippen LogP contribution in [0.3, 0.4) is 0 Å². The fourth-order valence-electron chi connectivity index (χ4n) is 1.37. The molecule has 0 aliphatic rings. The molecule has 1 aromatic carbocycles. The van der Waals surface area contributed by atoms with Gasteiger partial charge in [0.05, 0.1) is 12.7 Å². The summed E-state index contributed by atoms with van der Waals surface area (Å²) >= 11 is 0. The van der Waals surface area contributed by atoms with E-state index in [0.717, 1.165) is 5.69 Å². The minimum absolute atomic E-state index is 0.253. The molecule has 0 aromatic heterocycles. The van der Waals surface area contributed by atoms with Crippen molar-refractivity contribution < 1.29 is 19.4 Å². The molecule has 1 atom stereocenters. The molecular formula is C12H16N2O4. The van der Waals surface area contributed by atoms with Gasteiger partial charge >= 0.3 is 11.9 Å². The lowest BCUT2D eigenvalue weighted by Gasteiger charge is -2.13. The highest BCUT2D eigenvalue weighted by molar-refractivity contribution is 5.89. The van der Waals surface area contributed by atoms with E-state index in [-0.39, 0.29) is 6.54 Å². The lowest BCUT2D eigenvalue weighted by molar-refractivity contribution is -0.138. The van der Waals surface area contributed by atoms with Gasteiger partial charge in [0.1, 0.15) is 6.04 Å². The van der Waals surface area contributed by atoms with Crippen LogP contribution in [0.25, 0.3) is 0 Å². The van der Waals surface area contributed by atoms with Crippen molar-refractivity contribution in [3.05, 3.63) is 29.8 Å². The van der Waals surface area contributed by atoms with Crippen molar-refractivity contribution in [2.24, 2.45) is 0 Å². The zero-order valence-corrected chi connectivity index (χ0v) is 10.3. The average molecular weight is 252 g/mol. The smallest absolute Gasteiger partial charge is 0.337 e. The normalized spacial score (nSPS) is 11.7. The second kappa shape index (κ2) is 6.61. The van der Waals surface area contributed by atoms with Crippen molar-refractivity contribution in [2.75, 3.05) is 26.0 Å². The third kappa shape index (κ3) is 3.74. The number of carbonyl (C=O) groups is 2. The van der Waals surface area contributed by atoms with Crippen molar-refractivity contribution in [1.82, 2.24) is 5.32 Å². The number of benzene rings is 1. The molecule has 6 nitrogen and oxygen atoms in total. The standard InChI is InChI=1S/C12H16N2O4/c1-13-10(11(15)16)7-14-9-5-3-8(4-6-9)12(17)18-2/h3-6,10,13-14H,7H2,1-2H3,(H,15,16). The number of carboxylic acids is 1. The van der Waals surface area contributed by atoms with Crippen molar-refractivity contribution in [3.8, 4) is 0 Å². The number of anilines is 1. The topological polar surface area (TPSA) is 87.7 Å². The Bertz CT molecular complexity index is 417. The van der Waals surface area contributed by atoms with E-state index in [9.17, 15) is 9.59 Å². The molecule has 0 saturated carbocycles. The highest BCUT2D eigenvalue weighted by atomic mass is 16.5. The maximum atomic E-state index is 11.2. The molecule has 18 heavy (non-hydrogen) atoms. The first kappa shape index (κ1) is 14.0. The van der Waals surface area contributed by atoms with Crippen molar-refractivity contribution in [1.29, 1.82) is 0 Å². The lowest BCUT2D eigenvalue weighted by atomic mass is 10.2. The molecule has 1 rings (SSSR count). The van der Waals surface area contributed by atoms with Gasteiger partial charge < -0.3 is 20.5 Å². The molecule has 0 spiro atoms. The van der Waals surface area contributed by atoms with Crippen LogP contribution in [0.5, 0.6) is 0 Å². The molecule has 0 aliphatic carbocycles. The second-order valence-corrected chi connectivity index (χ2v) is 3.63. The maximum absolute atomic E-state index is 11.2. The van der Waals surface area contributed by atoms with Crippen LogP contribution in [0.2, 0.25) is 0 Å². The Balaban J connectivity index is 2.58. The lowest BCUT2D eigenvalue weighted by Crippen LogP contribution is -2.39. The van der Waals surface area contributed by atoms with E-state index in [1.54, 1.807) is 31.3 Å². The number of likely N-dealkylation sites (N-methyl/N-ethyl adjacent to an activating group) is 1. The molecule has 0 heterocycles. The molecule has 1 unspecified atom stereocenters. The van der Waals surface area contributed by atoms with Gasteiger partial charge in [-0.2, -0.15) is 0 Å². The van der Waals surface area contributed by atoms with Crippen LogP contribution in [-0.4, -0.2) is 43.8 Å². The van der Waals surface area contributed by atoms with Crippen molar-refractivity contribution >= 4 is 17.6 Å². The van der Waals surface area contributed by atoms with E-state index >= 15 is 0 Å². The van der Waals surface area contributed by atoms with Crippen LogP contribution in [-0.2, 0) is 9.53 Å². The summed E-state index contributed by atoms with van der Waals surface area (Å²) in [5.74, 6) is -1.32. The van der Waals surface area contributed by atoms with Crippen LogP contribution in [0.1, 0.15) is 10.4 Å². The first-order valence-electron chi connectivity index (χ1n) is 5.40. The third-order valence-electron chi connectivity index (χ3n) is 2.46. The summed E-state index contributed by atoms with van der Waals surface area (Å²) in [7, 11) is 2.90. The number of carbonyl (C=O) groups excluding carboxylic acids is 1. The van der Waals surface area contributed by atoms with Crippen LogP contribution < -0.4 is 10.6 Å². The van der Waals surface area contributed by atoms with Gasteiger partial charge in [0.25, 0.3) is 0 Å². The second-order valence-electron chi connectivity index (χ2n) is 3.63. The number of rotatable bonds is 6. The van der Waals surface area contributed by atoms with Crippen molar-refractivity contribution in [3.63, 3.8) is 0 Å². The SMILES string of the molecule is CNC(CNc1ccc(C(=O)OC)cc1)C(=O)O. The fourth-order valence-corrected chi connectivity index (χ4v) is 1.37. The first-order chi connectivity index (χ1) is 8.58. The van der Waals surface area contributed by atoms with Crippen LogP contribution in [0.15, 0.2) is 24.3 Å². The number of ether oxygens (including phenoxy) is 1. The summed E-state index contributed by atoms with van der Waals surface area (Å²) in [5, 5.41) is 14.5. The highest BCUT2D eigenvalue weighted by Gasteiger charge is 2.13. The molecule has 98 valence electrons. The Morgan fingerprint density at radius 2 is 1.94 bits per heavy atom. The summed E-state index contributed by atoms with van der Waals surface area (Å²) in [6.45, 7) is 0.253. The molecule has 0 aliphatic heterocycles. The molecule has 6 heteroatoms. The number of esters is 1. The number of aliphatic carboxylic acids is 1. The van der Waals surface area contributed by atoms with Gasteiger partial charge in [0, 0.05) is 12.2 Å². The Labute approximate surface area is 105 Å². The van der Waals surface area contributed by atoms with Crippen molar-refractivity contribution in [2.45, 2.75) is 6.04 Å². The number of hydrogen-bond acceptors (Lipinski definition) is 5. The number of methoxy groups -OCH3 is 1. The number of hydrogen-bond donors (Lipinski definition) is 3. The zero-order chi connectivity index (χ0) is 13.5. The van der Waals surface area contributed by atoms with Gasteiger partial charge in [-0.1, -0.05) is 0 Å². The van der Waals surface area contributed by atoms with E-state index in [1.807, 2.05) is 0 Å². The van der Waals surface area contributed by atoms with E-state index < -0.39 is 18.0 Å². The number of nitrogens with one attached hydrogen (secondary N) is 2. The molecule has 0 amide bonds. The summed E-state index contributed by atoms with van der Waals surface area (Å²) in [4.78, 5) is 22.0. The quantitative estimate of drug-likeness (QED) is 0.641. The predicted molar refractivity (Wildman–Crippen MR) is 66.8 cm³/mol. The first-order valence-corrected chi connectivity index (χ1v) is 5.40. The van der Waals surface area contributed by atoms with E-state index in [0.29, 0.717) is 5.56 Å². The Kier molecular flexibility index (Phi) is 5.13. The summed E-state index contributed by atoms with van der Waals surface area (Å²) in [5.41, 5.74) is 1.19. The summed E-state index contributed by atoms with van der Waals surface area (Å²) in [6.07, 6.45) is 0. The van der Waals surface area contributed by atoms with Crippen LogP contribution >= 0.6 is 0 Å². The van der Waals surface area contributed by atoms with Crippen LogP contribution in [0, 0.1) is 0 Å². The maximum Gasteiger partial charge on any atom is 0.337 e. The molecule has 1 aromatic rings. The molecule has 0 radical (unpaired) electrons. The minimum Gasteiger partial charge on any atom is -0.480 e. The Morgan fingerprint density at radius 3 is 2.39 bits per heavy atom. The van der Waals surface area contributed by atoms with E-state index in [4.69, 9.17) is 5.11 Å². The van der Waals surface area contributed by atoms with E-state index in [1.165, 1.54) is 7.11 Å². The summed E-state index contributed by atoms with van der Waals surface area (Å²) in [6, 6.07) is 5.96. The molecular weight excluding hydrogens is 236 g/mol. The predicted octanol–water partition coefficient (Wildman–Crippen LogP) is 0.558. The van der Waals surface area contributed by atoms with Gasteiger partial charge in [0.15, 0.2) is 0 Å². The average Bonchev–Trinajstić information content (AvgIpc) is 2.39. The van der Waals surface area contributed by atoms with Crippen LogP contribution in [0.4, 0.5) is 5.69 Å². The minimum atomic E-state index is -0.920. The molecule has 3 N–H and O–H groups in total. The van der Waals surface area contributed by atoms with Gasteiger partial charge in [0.2, 0.25) is 0 Å². The largest absolute Gasteiger partial charge is 0.480 e. The summed E-state index contributed by atoms with van der Waals surface area (Å²) < 4.78 is 4.58. The Hall–Kier alpha value is -2.08. The third-order valence-corrected chi connectivity index (χ3v) is 2.46. The Morgan fingerprint density at radius 1 is 1.33 bits per heavy atom. The zero-order valence-electron chi connectivity index (χ0n) is 10.3. The van der Waals surface area contributed by atoms with E-state index in [2.05, 4.69) is 15.4 Å². The van der Waals surface area contributed by atoms with Gasteiger partial charge in [-0.05, 0) is 31.3 Å². The van der Waals surface area contributed by atoms with Gasteiger partial charge in [-0.25, -0.2) is 4.79 Å². The molecule has 0 bridgehead atoms. The van der Waals surface area contributed by atoms with Gasteiger partial charge in [-0.3, -0.25) is 4.79 Å². The molecule has 0 saturated heterocycles. The van der Waals surface area contributed by atoms with Gasteiger partial charge in [-0.15, -0.1) is 0 Å².